The van der Waals surface area contributed by atoms with E-state index in [1.54, 1.807) is 0 Å². The van der Waals surface area contributed by atoms with Crippen LogP contribution in [-0.2, 0) is 18.3 Å². The number of nitrogens with zero attached hydrogens (tertiary/aromatic N) is 5. The summed E-state index contributed by atoms with van der Waals surface area (Å²) in [5.41, 5.74) is 12.5. The Morgan fingerprint density at radius 2 is 1.45 bits per heavy atom. The van der Waals surface area contributed by atoms with Gasteiger partial charge in [0.2, 0.25) is 0 Å². The van der Waals surface area contributed by atoms with Crippen molar-refractivity contribution in [1.82, 2.24) is 4.98 Å². The summed E-state index contributed by atoms with van der Waals surface area (Å²) in [7, 11) is 0. The maximum atomic E-state index is 5.06. The lowest BCUT2D eigenvalue weighted by Gasteiger charge is -2.47. The number of allylic oxidation sites excluding steroid dienone is 1. The zero-order chi connectivity index (χ0) is 28.5. The Labute approximate surface area is 247 Å². The molecule has 1 aliphatic carbocycles. The van der Waals surface area contributed by atoms with E-state index in [-0.39, 0.29) is 23.8 Å². The Morgan fingerprint density at radius 3 is 2.26 bits per heavy atom. The van der Waals surface area contributed by atoms with Gasteiger partial charge < -0.3 is 14.7 Å². The first-order valence-corrected chi connectivity index (χ1v) is 14.9. The van der Waals surface area contributed by atoms with E-state index in [1.165, 1.54) is 27.9 Å². The van der Waals surface area contributed by atoms with Crippen molar-refractivity contribution in [1.29, 1.82) is 0 Å². The van der Waals surface area contributed by atoms with Gasteiger partial charge in [-0.2, -0.15) is 0 Å². The van der Waals surface area contributed by atoms with E-state index >= 15 is 0 Å². The van der Waals surface area contributed by atoms with Crippen LogP contribution in [0.3, 0.4) is 0 Å². The van der Waals surface area contributed by atoms with Crippen molar-refractivity contribution >= 4 is 34.1 Å². The highest BCUT2D eigenvalue weighted by molar-refractivity contribution is 5.93. The molecule has 1 saturated heterocycles. The second kappa shape index (κ2) is 7.95. The average Bonchev–Trinajstić information content (AvgIpc) is 3.58. The molecule has 8 bridgehead atoms. The number of aromatic nitrogens is 1. The van der Waals surface area contributed by atoms with Crippen LogP contribution in [0.1, 0.15) is 36.1 Å². The predicted octanol–water partition coefficient (Wildman–Crippen LogP) is 7.53. The fourth-order valence-corrected chi connectivity index (χ4v) is 8.44. The van der Waals surface area contributed by atoms with Gasteiger partial charge in [-0.15, -0.1) is 0 Å². The van der Waals surface area contributed by atoms with Gasteiger partial charge in [-0.3, -0.25) is 4.90 Å². The van der Waals surface area contributed by atoms with Crippen molar-refractivity contribution in [3.63, 3.8) is 0 Å². The number of pyridine rings is 1. The number of anilines is 5. The Kier molecular flexibility index (Phi) is 4.52. The van der Waals surface area contributed by atoms with Gasteiger partial charge in [-0.1, -0.05) is 62.2 Å². The monoisotopic (exact) mass is 547 g/mol. The van der Waals surface area contributed by atoms with Crippen LogP contribution in [0.25, 0.3) is 5.57 Å². The minimum Gasteiger partial charge on any atom is -0.342 e. The molecule has 0 N–H and O–H groups in total. The maximum absolute atomic E-state index is 5.06. The molecule has 6 aliphatic rings. The predicted molar refractivity (Wildman–Crippen MR) is 172 cm³/mol. The molecular formula is C37H33N5. The molecule has 1 fully saturated rings. The lowest BCUT2D eigenvalue weighted by molar-refractivity contribution is 0.482. The van der Waals surface area contributed by atoms with E-state index in [4.69, 9.17) is 18.1 Å². The largest absolute Gasteiger partial charge is 0.342 e. The van der Waals surface area contributed by atoms with Gasteiger partial charge in [0.05, 0.1) is 22.8 Å². The van der Waals surface area contributed by atoms with E-state index in [0.29, 0.717) is 0 Å². The summed E-state index contributed by atoms with van der Waals surface area (Å²) in [6.45, 7) is 18.9. The molecule has 5 aliphatic heterocycles. The molecule has 5 nitrogen and oxygen atoms in total. The molecule has 10 rings (SSSR count). The Bertz CT molecular complexity index is 1870. The van der Waals surface area contributed by atoms with Crippen LogP contribution in [0.15, 0.2) is 116 Å². The van der Waals surface area contributed by atoms with Gasteiger partial charge in [-0.05, 0) is 85.4 Å². The standard InChI is InChI=1S/C37H33N5/c1-22(2)39-33-11-8-18-38-34(33)42-31-10-7-6-9-29(31)23(3)37-20-26-12-15-28(16-13-26)40-24(4)25(5)41(36(40)35(39)42)32-17-14-27(21-37)19-30(32)37/h6-19,22,35-36H,3-5,20-21H2,1-2H3. The quantitative estimate of drug-likeness (QED) is 0.245. The molecule has 1 aromatic heterocycles. The third-order valence-corrected chi connectivity index (χ3v) is 10.2. The zero-order valence-electron chi connectivity index (χ0n) is 24.1. The van der Waals surface area contributed by atoms with Crippen molar-refractivity contribution in [2.24, 2.45) is 0 Å². The van der Waals surface area contributed by atoms with E-state index in [9.17, 15) is 0 Å². The number of para-hydroxylation sites is 1. The topological polar surface area (TPSA) is 25.9 Å². The molecule has 0 amide bonds. The number of rotatable bonds is 1. The normalized spacial score (nSPS) is 24.5. The highest BCUT2D eigenvalue weighted by Gasteiger charge is 2.56. The van der Waals surface area contributed by atoms with Crippen LogP contribution in [0.5, 0.6) is 0 Å². The SMILES string of the molecule is C=C1C(=C)N2c3ccc4cc3C3(Cc5ccc(cc5)N1C2C1N(c2ccccc2C3=C)c2ncccc2N1C(C)C)C4. The Balaban J connectivity index is 1.48. The van der Waals surface area contributed by atoms with Crippen molar-refractivity contribution in [3.05, 3.63) is 138 Å². The number of hydrogen-bond acceptors (Lipinski definition) is 5. The summed E-state index contributed by atoms with van der Waals surface area (Å²) in [5, 5.41) is 0. The fraction of sp³-hybridized carbons (Fsp3) is 0.216. The second-order valence-corrected chi connectivity index (χ2v) is 12.6. The minimum absolute atomic E-state index is 0.138. The van der Waals surface area contributed by atoms with Gasteiger partial charge >= 0.3 is 0 Å². The number of benzene rings is 3. The molecule has 0 radical (unpaired) electrons. The molecule has 0 spiro atoms. The van der Waals surface area contributed by atoms with Crippen LogP contribution in [0.4, 0.5) is 28.6 Å². The summed E-state index contributed by atoms with van der Waals surface area (Å²) in [6.07, 6.45) is 3.41. The number of fused-ring (bicyclic) bond motifs is 8. The minimum atomic E-state index is -0.299. The summed E-state index contributed by atoms with van der Waals surface area (Å²) < 4.78 is 0. The van der Waals surface area contributed by atoms with E-state index in [2.05, 4.69) is 119 Å². The number of hydrogen-bond donors (Lipinski definition) is 0. The van der Waals surface area contributed by atoms with Crippen LogP contribution in [-0.4, -0.2) is 23.4 Å². The average molecular weight is 548 g/mol. The molecule has 3 atom stereocenters. The van der Waals surface area contributed by atoms with Crippen LogP contribution < -0.4 is 19.6 Å². The van der Waals surface area contributed by atoms with Crippen molar-refractivity contribution in [2.45, 2.75) is 50.5 Å². The Hall–Kier alpha value is -4.77. The van der Waals surface area contributed by atoms with Gasteiger partial charge in [-0.25, -0.2) is 4.98 Å². The highest BCUT2D eigenvalue weighted by Crippen LogP contribution is 2.58. The molecular weight excluding hydrogens is 514 g/mol. The van der Waals surface area contributed by atoms with Crippen molar-refractivity contribution < 1.29 is 0 Å². The van der Waals surface area contributed by atoms with Gasteiger partial charge in [0.1, 0.15) is 6.17 Å². The third-order valence-electron chi connectivity index (χ3n) is 10.2. The molecule has 206 valence electrons. The molecule has 3 aromatic carbocycles. The van der Waals surface area contributed by atoms with Crippen molar-refractivity contribution in [3.8, 4) is 0 Å². The summed E-state index contributed by atoms with van der Waals surface area (Å²) in [5.74, 6) is 0.972. The van der Waals surface area contributed by atoms with E-state index < -0.39 is 0 Å². The fourth-order valence-electron chi connectivity index (χ4n) is 8.44. The maximum Gasteiger partial charge on any atom is 0.158 e. The summed E-state index contributed by atoms with van der Waals surface area (Å²) in [6, 6.07) is 29.5. The van der Waals surface area contributed by atoms with Crippen LogP contribution in [0.2, 0.25) is 0 Å². The first kappa shape index (κ1) is 23.9. The molecule has 5 heteroatoms. The summed E-state index contributed by atoms with van der Waals surface area (Å²) in [4.78, 5) is 14.9. The van der Waals surface area contributed by atoms with Gasteiger partial charge in [0.25, 0.3) is 0 Å². The molecule has 3 unspecified atom stereocenters. The Morgan fingerprint density at radius 1 is 0.738 bits per heavy atom. The molecule has 42 heavy (non-hydrogen) atoms. The lowest BCUT2D eigenvalue weighted by atomic mass is 9.68. The smallest absolute Gasteiger partial charge is 0.158 e. The molecule has 6 heterocycles. The highest BCUT2D eigenvalue weighted by atomic mass is 15.6. The van der Waals surface area contributed by atoms with Crippen LogP contribution >= 0.6 is 0 Å². The van der Waals surface area contributed by atoms with Gasteiger partial charge in [0.15, 0.2) is 12.0 Å². The lowest BCUT2D eigenvalue weighted by Crippen LogP contribution is -2.61. The second-order valence-electron chi connectivity index (χ2n) is 12.6. The first-order chi connectivity index (χ1) is 20.4. The third kappa shape index (κ3) is 2.76. The van der Waals surface area contributed by atoms with E-state index in [1.807, 2.05) is 6.20 Å². The molecule has 0 saturated carbocycles. The van der Waals surface area contributed by atoms with Crippen molar-refractivity contribution in [2.75, 3.05) is 19.6 Å². The summed E-state index contributed by atoms with van der Waals surface area (Å²) >= 11 is 0. The first-order valence-electron chi connectivity index (χ1n) is 14.9. The van der Waals surface area contributed by atoms with Crippen LogP contribution in [0, 0.1) is 0 Å². The van der Waals surface area contributed by atoms with E-state index in [0.717, 1.165) is 52.7 Å². The zero-order valence-corrected chi connectivity index (χ0v) is 24.1. The van der Waals surface area contributed by atoms with Gasteiger partial charge in [0, 0.05) is 34.6 Å². The molecule has 4 aromatic rings.